The molecule has 8 heteroatoms. The Labute approximate surface area is 142 Å². The number of halogens is 1. The maximum absolute atomic E-state index is 6.04. The van der Waals surface area contributed by atoms with Gasteiger partial charge in [0.05, 0.1) is 6.61 Å². The topological polar surface area (TPSA) is 88.1 Å². The van der Waals surface area contributed by atoms with Gasteiger partial charge in [-0.25, -0.2) is 4.98 Å². The number of aromatic nitrogens is 4. The molecule has 1 aliphatic carbocycles. The number of ether oxygens (including phenoxy) is 2. The van der Waals surface area contributed by atoms with Gasteiger partial charge < -0.3 is 15.2 Å². The Hall–Kier alpha value is -1.41. The Morgan fingerprint density at radius 3 is 2.83 bits per heavy atom. The van der Waals surface area contributed by atoms with E-state index in [1.807, 2.05) is 4.57 Å². The number of anilines is 1. The second-order valence-electron chi connectivity index (χ2n) is 6.22. The predicted octanol–water partition coefficient (Wildman–Crippen LogP) is 3.05. The number of imidazole rings is 1. The quantitative estimate of drug-likeness (QED) is 0.800. The Morgan fingerprint density at radius 1 is 1.22 bits per heavy atom. The van der Waals surface area contributed by atoms with Crippen molar-refractivity contribution >= 4 is 32.9 Å². The van der Waals surface area contributed by atoms with E-state index < -0.39 is 0 Å². The first kappa shape index (κ1) is 15.1. The highest BCUT2D eigenvalue weighted by Crippen LogP contribution is 2.33. The lowest BCUT2D eigenvalue weighted by Crippen LogP contribution is -2.19. The summed E-state index contributed by atoms with van der Waals surface area (Å²) < 4.78 is 14.2. The lowest BCUT2D eigenvalue weighted by molar-refractivity contribution is -0.0311. The monoisotopic (exact) mass is 381 g/mol. The predicted molar refractivity (Wildman–Crippen MR) is 89.1 cm³/mol. The Morgan fingerprint density at radius 2 is 2.09 bits per heavy atom. The molecule has 124 valence electrons. The first-order chi connectivity index (χ1) is 11.2. The van der Waals surface area contributed by atoms with Crippen LogP contribution in [0.3, 0.4) is 0 Å². The molecule has 0 amide bonds. The number of nitrogens with two attached hydrogens (primary N) is 1. The number of rotatable bonds is 5. The van der Waals surface area contributed by atoms with E-state index in [-0.39, 0.29) is 6.23 Å². The van der Waals surface area contributed by atoms with Crippen molar-refractivity contribution in [3.63, 3.8) is 0 Å². The van der Waals surface area contributed by atoms with E-state index in [2.05, 4.69) is 30.9 Å². The van der Waals surface area contributed by atoms with Crippen molar-refractivity contribution in [2.24, 2.45) is 5.92 Å². The van der Waals surface area contributed by atoms with Gasteiger partial charge in [0.1, 0.15) is 6.23 Å². The second kappa shape index (κ2) is 6.24. The van der Waals surface area contributed by atoms with Gasteiger partial charge in [-0.2, -0.15) is 9.97 Å². The molecule has 0 aromatic carbocycles. The second-order valence-corrected chi connectivity index (χ2v) is 6.93. The molecular formula is C15H20BrN5O2. The summed E-state index contributed by atoms with van der Waals surface area (Å²) >= 11 is 3.49. The molecular weight excluding hydrogens is 362 g/mol. The van der Waals surface area contributed by atoms with Crippen molar-refractivity contribution in [1.82, 2.24) is 19.5 Å². The van der Waals surface area contributed by atoms with Gasteiger partial charge in [0, 0.05) is 6.61 Å². The molecule has 0 unspecified atom stereocenters. The normalized spacial score (nSPS) is 21.7. The van der Waals surface area contributed by atoms with Gasteiger partial charge in [-0.1, -0.05) is 12.8 Å². The van der Waals surface area contributed by atoms with E-state index in [9.17, 15) is 0 Å². The summed E-state index contributed by atoms with van der Waals surface area (Å²) in [4.78, 5) is 13.2. The molecule has 0 radical (unpaired) electrons. The molecule has 1 saturated heterocycles. The standard InChI is InChI=1S/C15H20BrN5O2/c16-14-18-11-12(17)19-15(23-8-6-9-4-5-9)20-13(11)21(14)10-3-1-2-7-22-10/h9-10H,1-8H2,(H2,17,19,20)/t10-/m1/s1. The minimum absolute atomic E-state index is 0.0725. The SMILES string of the molecule is Nc1nc(OCCC2CC2)nc2c1nc(Br)n2[C@H]1CCCCO1. The highest BCUT2D eigenvalue weighted by Gasteiger charge is 2.25. The molecule has 2 N–H and O–H groups in total. The van der Waals surface area contributed by atoms with E-state index in [1.165, 1.54) is 12.8 Å². The van der Waals surface area contributed by atoms with E-state index in [0.29, 0.717) is 34.3 Å². The van der Waals surface area contributed by atoms with Crippen molar-refractivity contribution in [2.75, 3.05) is 18.9 Å². The Kier molecular flexibility index (Phi) is 4.11. The summed E-state index contributed by atoms with van der Waals surface area (Å²) in [6, 6.07) is 0.320. The fourth-order valence-electron chi connectivity index (χ4n) is 2.92. The highest BCUT2D eigenvalue weighted by atomic mass is 79.9. The summed E-state index contributed by atoms with van der Waals surface area (Å²) in [6.07, 6.45) is 6.75. The molecule has 2 aromatic heterocycles. The summed E-state index contributed by atoms with van der Waals surface area (Å²) in [7, 11) is 0. The number of nitrogens with zero attached hydrogens (tertiary/aromatic N) is 4. The number of hydrogen-bond donors (Lipinski definition) is 1. The molecule has 1 saturated carbocycles. The first-order valence-corrected chi connectivity index (χ1v) is 8.97. The van der Waals surface area contributed by atoms with Crippen LogP contribution < -0.4 is 10.5 Å². The molecule has 2 aliphatic rings. The van der Waals surface area contributed by atoms with Crippen LogP contribution in [0.2, 0.25) is 0 Å². The maximum Gasteiger partial charge on any atom is 0.320 e. The first-order valence-electron chi connectivity index (χ1n) is 8.17. The summed E-state index contributed by atoms with van der Waals surface area (Å²) in [5.41, 5.74) is 7.29. The highest BCUT2D eigenvalue weighted by molar-refractivity contribution is 9.10. The third-order valence-electron chi connectivity index (χ3n) is 4.40. The van der Waals surface area contributed by atoms with Gasteiger partial charge in [0.15, 0.2) is 21.7 Å². The molecule has 23 heavy (non-hydrogen) atoms. The van der Waals surface area contributed by atoms with Crippen LogP contribution in [0.5, 0.6) is 6.01 Å². The van der Waals surface area contributed by atoms with Gasteiger partial charge in [-0.05, 0) is 47.5 Å². The van der Waals surface area contributed by atoms with Crippen LogP contribution in [-0.2, 0) is 4.74 Å². The van der Waals surface area contributed by atoms with Gasteiger partial charge in [0.25, 0.3) is 0 Å². The Bertz CT molecular complexity index is 709. The largest absolute Gasteiger partial charge is 0.463 e. The molecule has 4 rings (SSSR count). The zero-order chi connectivity index (χ0) is 15.8. The average molecular weight is 382 g/mol. The molecule has 2 aromatic rings. The van der Waals surface area contributed by atoms with Crippen LogP contribution in [0.4, 0.5) is 5.82 Å². The van der Waals surface area contributed by atoms with E-state index >= 15 is 0 Å². The molecule has 0 bridgehead atoms. The van der Waals surface area contributed by atoms with Crippen LogP contribution in [0.25, 0.3) is 11.2 Å². The van der Waals surface area contributed by atoms with Gasteiger partial charge in [-0.3, -0.25) is 4.57 Å². The lowest BCUT2D eigenvalue weighted by atomic mass is 10.2. The third-order valence-corrected chi connectivity index (χ3v) is 4.96. The Balaban J connectivity index is 1.64. The zero-order valence-electron chi connectivity index (χ0n) is 12.9. The molecule has 0 spiro atoms. The smallest absolute Gasteiger partial charge is 0.320 e. The van der Waals surface area contributed by atoms with Crippen molar-refractivity contribution < 1.29 is 9.47 Å². The van der Waals surface area contributed by atoms with Crippen LogP contribution >= 0.6 is 15.9 Å². The van der Waals surface area contributed by atoms with Crippen molar-refractivity contribution in [3.05, 3.63) is 4.73 Å². The number of hydrogen-bond acceptors (Lipinski definition) is 6. The number of nitrogen functional groups attached to an aromatic ring is 1. The van der Waals surface area contributed by atoms with Crippen molar-refractivity contribution in [3.8, 4) is 6.01 Å². The minimum atomic E-state index is -0.0725. The van der Waals surface area contributed by atoms with Crippen molar-refractivity contribution in [2.45, 2.75) is 44.8 Å². The summed E-state index contributed by atoms with van der Waals surface area (Å²) in [6.45, 7) is 1.38. The number of fused-ring (bicyclic) bond motifs is 1. The minimum Gasteiger partial charge on any atom is -0.463 e. The maximum atomic E-state index is 6.04. The average Bonchev–Trinajstić information content (AvgIpc) is 3.30. The van der Waals surface area contributed by atoms with E-state index in [0.717, 1.165) is 38.2 Å². The van der Waals surface area contributed by atoms with Crippen LogP contribution in [0, 0.1) is 5.92 Å². The molecule has 7 nitrogen and oxygen atoms in total. The van der Waals surface area contributed by atoms with Crippen molar-refractivity contribution in [1.29, 1.82) is 0 Å². The molecule has 1 atom stereocenters. The fraction of sp³-hybridized carbons (Fsp3) is 0.667. The van der Waals surface area contributed by atoms with E-state index in [4.69, 9.17) is 15.2 Å². The lowest BCUT2D eigenvalue weighted by Gasteiger charge is -2.24. The third kappa shape index (κ3) is 3.14. The van der Waals surface area contributed by atoms with Gasteiger partial charge in [0.2, 0.25) is 0 Å². The fourth-order valence-corrected chi connectivity index (χ4v) is 3.49. The van der Waals surface area contributed by atoms with Crippen LogP contribution in [0.15, 0.2) is 4.73 Å². The molecule has 3 heterocycles. The summed E-state index contributed by atoms with van der Waals surface area (Å²) in [5, 5.41) is 0. The van der Waals surface area contributed by atoms with Gasteiger partial charge >= 0.3 is 6.01 Å². The summed E-state index contributed by atoms with van der Waals surface area (Å²) in [5.74, 6) is 1.15. The molecule has 2 fully saturated rings. The van der Waals surface area contributed by atoms with Gasteiger partial charge in [-0.15, -0.1) is 0 Å². The van der Waals surface area contributed by atoms with E-state index in [1.54, 1.807) is 0 Å². The molecule has 1 aliphatic heterocycles. The van der Waals surface area contributed by atoms with Crippen LogP contribution in [-0.4, -0.2) is 32.7 Å². The van der Waals surface area contributed by atoms with Crippen LogP contribution in [0.1, 0.15) is 44.8 Å². The zero-order valence-corrected chi connectivity index (χ0v) is 14.5.